The molecule has 0 radical (unpaired) electrons. The minimum atomic E-state index is -0.103. The third kappa shape index (κ3) is 3.33. The van der Waals surface area contributed by atoms with Crippen molar-refractivity contribution in [2.75, 3.05) is 6.61 Å². The van der Waals surface area contributed by atoms with Crippen LogP contribution >= 0.6 is 0 Å². The summed E-state index contributed by atoms with van der Waals surface area (Å²) in [6, 6.07) is 0. The molecule has 0 N–H and O–H groups in total. The number of aliphatic imine (C=N–C) groups is 1. The van der Waals surface area contributed by atoms with Crippen molar-refractivity contribution in [3.8, 4) is 12.3 Å². The zero-order valence-electron chi connectivity index (χ0n) is 12.9. The van der Waals surface area contributed by atoms with Crippen molar-refractivity contribution >= 4 is 5.90 Å². The Kier molecular flexibility index (Phi) is 4.70. The van der Waals surface area contributed by atoms with Gasteiger partial charge in [0, 0.05) is 12.0 Å². The molecule has 0 saturated carbocycles. The molecule has 2 heteroatoms. The number of ether oxygens (including phenoxy) is 1. The monoisotopic (exact) mass is 271 g/mol. The van der Waals surface area contributed by atoms with Crippen LogP contribution in [-0.2, 0) is 4.74 Å². The molecule has 1 aliphatic heterocycles. The van der Waals surface area contributed by atoms with E-state index >= 15 is 0 Å². The molecule has 2 aliphatic rings. The van der Waals surface area contributed by atoms with Crippen LogP contribution in [0.1, 0.15) is 46.5 Å². The van der Waals surface area contributed by atoms with E-state index in [1.807, 2.05) is 0 Å². The van der Waals surface area contributed by atoms with Gasteiger partial charge >= 0.3 is 0 Å². The minimum absolute atomic E-state index is 0.103. The molecule has 0 aromatic heterocycles. The summed E-state index contributed by atoms with van der Waals surface area (Å²) in [4.78, 5) is 4.74. The second-order valence-electron chi connectivity index (χ2n) is 6.35. The summed E-state index contributed by atoms with van der Waals surface area (Å²) in [7, 11) is 0. The van der Waals surface area contributed by atoms with Crippen LogP contribution in [0.3, 0.4) is 0 Å². The Balaban J connectivity index is 2.22. The average molecular weight is 271 g/mol. The molecule has 0 fully saturated rings. The van der Waals surface area contributed by atoms with E-state index in [4.69, 9.17) is 16.2 Å². The van der Waals surface area contributed by atoms with E-state index in [0.29, 0.717) is 18.4 Å². The number of hydrogen-bond acceptors (Lipinski definition) is 2. The standard InChI is InChI=1S/C18H25NO/c1-5-7-11-15-14(9-6-2)10-8-12-16(15)17-19-18(3,4)13-20-17/h2,8,10,12,14-15H,5,7,9,11,13H2,1,3-4H3/t14-,15+/m0/s1. The van der Waals surface area contributed by atoms with Crippen LogP contribution < -0.4 is 0 Å². The Morgan fingerprint density at radius 2 is 2.30 bits per heavy atom. The Hall–Kier alpha value is -1.49. The van der Waals surface area contributed by atoms with Crippen LogP contribution in [0, 0.1) is 24.2 Å². The van der Waals surface area contributed by atoms with Crippen LogP contribution in [-0.4, -0.2) is 18.0 Å². The van der Waals surface area contributed by atoms with Gasteiger partial charge in [0.05, 0.1) is 5.54 Å². The van der Waals surface area contributed by atoms with E-state index in [0.717, 1.165) is 18.7 Å². The van der Waals surface area contributed by atoms with E-state index in [-0.39, 0.29) is 5.54 Å². The molecule has 0 amide bonds. The lowest BCUT2D eigenvalue weighted by atomic mass is 9.77. The highest BCUT2D eigenvalue weighted by molar-refractivity contribution is 5.96. The number of rotatable bonds is 5. The SMILES string of the molecule is C#CC[C@H]1C=CC=C(C2=NC(C)(C)CO2)[C@@H]1CCCC. The molecule has 0 aromatic carbocycles. The molecular weight excluding hydrogens is 246 g/mol. The molecule has 2 nitrogen and oxygen atoms in total. The lowest BCUT2D eigenvalue weighted by Crippen LogP contribution is -2.23. The quantitative estimate of drug-likeness (QED) is 0.689. The number of nitrogens with zero attached hydrogens (tertiary/aromatic N) is 1. The van der Waals surface area contributed by atoms with E-state index in [1.54, 1.807) is 0 Å². The van der Waals surface area contributed by atoms with Crippen molar-refractivity contribution in [1.82, 2.24) is 0 Å². The molecule has 1 heterocycles. The normalized spacial score (nSPS) is 27.5. The van der Waals surface area contributed by atoms with Gasteiger partial charge in [-0.1, -0.05) is 38.0 Å². The molecule has 2 atom stereocenters. The lowest BCUT2D eigenvalue weighted by Gasteiger charge is -2.28. The largest absolute Gasteiger partial charge is 0.475 e. The second kappa shape index (κ2) is 6.31. The maximum absolute atomic E-state index is 5.84. The highest BCUT2D eigenvalue weighted by Gasteiger charge is 2.33. The smallest absolute Gasteiger partial charge is 0.212 e. The number of allylic oxidation sites excluding steroid dienone is 3. The predicted molar refractivity (Wildman–Crippen MR) is 84.6 cm³/mol. The zero-order valence-corrected chi connectivity index (χ0v) is 12.9. The van der Waals surface area contributed by atoms with Crippen molar-refractivity contribution in [2.24, 2.45) is 16.8 Å². The van der Waals surface area contributed by atoms with Gasteiger partial charge in [0.15, 0.2) is 0 Å². The lowest BCUT2D eigenvalue weighted by molar-refractivity contribution is 0.274. The maximum atomic E-state index is 5.84. The van der Waals surface area contributed by atoms with Crippen LogP contribution in [0.15, 0.2) is 28.8 Å². The van der Waals surface area contributed by atoms with Crippen molar-refractivity contribution in [3.63, 3.8) is 0 Å². The van der Waals surface area contributed by atoms with Gasteiger partial charge in [0.2, 0.25) is 5.90 Å². The summed E-state index contributed by atoms with van der Waals surface area (Å²) in [6.45, 7) is 7.12. The number of terminal acetylenes is 1. The molecule has 0 unspecified atom stereocenters. The fraction of sp³-hybridized carbons (Fsp3) is 0.611. The number of hydrogen-bond donors (Lipinski definition) is 0. The Morgan fingerprint density at radius 3 is 2.90 bits per heavy atom. The van der Waals surface area contributed by atoms with Crippen molar-refractivity contribution in [2.45, 2.75) is 52.0 Å². The van der Waals surface area contributed by atoms with Gasteiger partial charge in [-0.05, 0) is 32.1 Å². The molecule has 2 rings (SSSR count). The fourth-order valence-electron chi connectivity index (χ4n) is 2.89. The van der Waals surface area contributed by atoms with Crippen molar-refractivity contribution in [3.05, 3.63) is 23.8 Å². The van der Waals surface area contributed by atoms with Crippen molar-refractivity contribution in [1.29, 1.82) is 0 Å². The molecule has 108 valence electrons. The Morgan fingerprint density at radius 1 is 1.50 bits per heavy atom. The summed E-state index contributed by atoms with van der Waals surface area (Å²) in [5.74, 6) is 4.51. The van der Waals surface area contributed by atoms with Gasteiger partial charge < -0.3 is 4.74 Å². The zero-order chi connectivity index (χ0) is 14.6. The van der Waals surface area contributed by atoms with Gasteiger partial charge in [-0.15, -0.1) is 12.3 Å². The molecule has 0 saturated heterocycles. The van der Waals surface area contributed by atoms with E-state index in [2.05, 4.69) is 44.9 Å². The molecule has 0 aromatic rings. The summed E-state index contributed by atoms with van der Waals surface area (Å²) in [6.07, 6.45) is 16.4. The highest BCUT2D eigenvalue weighted by atomic mass is 16.5. The van der Waals surface area contributed by atoms with Gasteiger partial charge in [-0.25, -0.2) is 4.99 Å². The first kappa shape index (κ1) is 14.9. The molecule has 0 spiro atoms. The van der Waals surface area contributed by atoms with Crippen LogP contribution in [0.2, 0.25) is 0 Å². The molecule has 1 aliphatic carbocycles. The van der Waals surface area contributed by atoms with Crippen LogP contribution in [0.5, 0.6) is 0 Å². The van der Waals surface area contributed by atoms with Gasteiger partial charge in [-0.3, -0.25) is 0 Å². The van der Waals surface area contributed by atoms with Gasteiger partial charge in [0.1, 0.15) is 6.61 Å². The third-order valence-electron chi connectivity index (χ3n) is 3.99. The topological polar surface area (TPSA) is 21.6 Å². The van der Waals surface area contributed by atoms with E-state index in [9.17, 15) is 0 Å². The van der Waals surface area contributed by atoms with Crippen LogP contribution in [0.25, 0.3) is 0 Å². The van der Waals surface area contributed by atoms with Crippen LogP contribution in [0.4, 0.5) is 0 Å². The second-order valence-corrected chi connectivity index (χ2v) is 6.35. The first-order valence-electron chi connectivity index (χ1n) is 7.62. The molecule has 0 bridgehead atoms. The fourth-order valence-corrected chi connectivity index (χ4v) is 2.89. The first-order chi connectivity index (χ1) is 9.57. The molecule has 20 heavy (non-hydrogen) atoms. The maximum Gasteiger partial charge on any atom is 0.212 e. The van der Waals surface area contributed by atoms with Gasteiger partial charge in [0.25, 0.3) is 0 Å². The third-order valence-corrected chi connectivity index (χ3v) is 3.99. The minimum Gasteiger partial charge on any atom is -0.475 e. The van der Waals surface area contributed by atoms with Crippen molar-refractivity contribution < 1.29 is 4.74 Å². The summed E-state index contributed by atoms with van der Waals surface area (Å²) in [5, 5.41) is 0. The van der Waals surface area contributed by atoms with Gasteiger partial charge in [-0.2, -0.15) is 0 Å². The summed E-state index contributed by atoms with van der Waals surface area (Å²) in [5.41, 5.74) is 1.14. The van der Waals surface area contributed by atoms with E-state index in [1.165, 1.54) is 18.4 Å². The summed E-state index contributed by atoms with van der Waals surface area (Å²) >= 11 is 0. The average Bonchev–Trinajstić information content (AvgIpc) is 2.77. The predicted octanol–water partition coefficient (Wildman–Crippen LogP) is 4.14. The first-order valence-corrected chi connectivity index (χ1v) is 7.62. The molecular formula is C18H25NO. The summed E-state index contributed by atoms with van der Waals surface area (Å²) < 4.78 is 5.84. The Bertz CT molecular complexity index is 476. The highest BCUT2D eigenvalue weighted by Crippen LogP contribution is 2.36. The Labute approximate surface area is 123 Å². The number of unbranched alkanes of at least 4 members (excludes halogenated alkanes) is 1. The van der Waals surface area contributed by atoms with E-state index < -0.39 is 0 Å².